The van der Waals surface area contributed by atoms with Gasteiger partial charge in [-0.05, 0) is 31.6 Å². The molecule has 2 aliphatic rings. The number of nitrogens with zero attached hydrogens (tertiary/aromatic N) is 3. The van der Waals surface area contributed by atoms with Crippen molar-refractivity contribution >= 4 is 11.6 Å². The minimum absolute atomic E-state index is 0.123. The summed E-state index contributed by atoms with van der Waals surface area (Å²) in [5.41, 5.74) is 5.52. The van der Waals surface area contributed by atoms with Gasteiger partial charge in [-0.2, -0.15) is 13.2 Å². The number of hydrogen-bond acceptors (Lipinski definition) is 4. The Labute approximate surface area is 115 Å². The number of anilines is 2. The van der Waals surface area contributed by atoms with Crippen molar-refractivity contribution in [3.63, 3.8) is 0 Å². The van der Waals surface area contributed by atoms with E-state index in [0.717, 1.165) is 38.6 Å². The number of fused-ring (bicyclic) bond motifs is 1. The first-order chi connectivity index (χ1) is 9.45. The van der Waals surface area contributed by atoms with Crippen LogP contribution in [0.3, 0.4) is 0 Å². The smallest absolute Gasteiger partial charge is 0.384 e. The molecule has 1 aliphatic heterocycles. The van der Waals surface area contributed by atoms with Gasteiger partial charge in [0.15, 0.2) is 0 Å². The second-order valence-electron chi connectivity index (χ2n) is 5.57. The zero-order chi connectivity index (χ0) is 14.3. The largest absolute Gasteiger partial charge is 0.451 e. The highest BCUT2D eigenvalue weighted by Crippen LogP contribution is 2.39. The van der Waals surface area contributed by atoms with Gasteiger partial charge in [0.05, 0.1) is 0 Å². The van der Waals surface area contributed by atoms with Crippen molar-refractivity contribution in [3.05, 3.63) is 11.9 Å². The lowest BCUT2D eigenvalue weighted by Gasteiger charge is -2.38. The van der Waals surface area contributed by atoms with Crippen molar-refractivity contribution in [2.75, 3.05) is 17.2 Å². The van der Waals surface area contributed by atoms with E-state index in [4.69, 9.17) is 5.73 Å². The zero-order valence-electron chi connectivity index (χ0n) is 11.0. The quantitative estimate of drug-likeness (QED) is 0.862. The fourth-order valence-corrected chi connectivity index (χ4v) is 3.46. The van der Waals surface area contributed by atoms with Crippen molar-refractivity contribution in [2.24, 2.45) is 5.92 Å². The van der Waals surface area contributed by atoms with Crippen molar-refractivity contribution < 1.29 is 13.2 Å². The Hall–Kier alpha value is -1.53. The van der Waals surface area contributed by atoms with E-state index in [2.05, 4.69) is 9.97 Å². The Morgan fingerprint density at radius 2 is 1.90 bits per heavy atom. The molecular formula is C13H17F3N4. The number of piperidine rings is 1. The molecular weight excluding hydrogens is 269 g/mol. The zero-order valence-corrected chi connectivity index (χ0v) is 11.0. The van der Waals surface area contributed by atoms with Gasteiger partial charge in [-0.25, -0.2) is 9.97 Å². The van der Waals surface area contributed by atoms with Gasteiger partial charge in [0.1, 0.15) is 11.6 Å². The molecule has 1 saturated carbocycles. The molecule has 2 fully saturated rings. The molecule has 0 radical (unpaired) electrons. The molecule has 2 atom stereocenters. The molecule has 2 N–H and O–H groups in total. The van der Waals surface area contributed by atoms with Crippen LogP contribution in [0.2, 0.25) is 0 Å². The van der Waals surface area contributed by atoms with E-state index in [1.165, 1.54) is 6.07 Å². The predicted octanol–water partition coefficient (Wildman–Crippen LogP) is 2.85. The van der Waals surface area contributed by atoms with E-state index in [1.54, 1.807) is 0 Å². The van der Waals surface area contributed by atoms with Crippen LogP contribution in [0.15, 0.2) is 6.07 Å². The maximum Gasteiger partial charge on any atom is 0.451 e. The average Bonchev–Trinajstić information content (AvgIpc) is 2.84. The molecule has 4 nitrogen and oxygen atoms in total. The first kappa shape index (κ1) is 13.5. The number of nitrogen functional groups attached to an aromatic ring is 1. The number of alkyl halides is 3. The summed E-state index contributed by atoms with van der Waals surface area (Å²) in [5.74, 6) is -0.370. The normalized spacial score (nSPS) is 26.6. The van der Waals surface area contributed by atoms with E-state index in [0.29, 0.717) is 17.8 Å². The average molecular weight is 286 g/mol. The van der Waals surface area contributed by atoms with Crippen molar-refractivity contribution in [1.82, 2.24) is 9.97 Å². The van der Waals surface area contributed by atoms with Gasteiger partial charge in [-0.3, -0.25) is 0 Å². The Kier molecular flexibility index (Phi) is 3.22. The lowest BCUT2D eigenvalue weighted by molar-refractivity contribution is -0.144. The SMILES string of the molecule is Nc1cc(N2CCCC3CCCC32)nc(C(F)(F)F)n1. The summed E-state index contributed by atoms with van der Waals surface area (Å²) >= 11 is 0. The van der Waals surface area contributed by atoms with Gasteiger partial charge >= 0.3 is 6.18 Å². The van der Waals surface area contributed by atoms with Gasteiger partial charge in [-0.15, -0.1) is 0 Å². The monoisotopic (exact) mass is 286 g/mol. The Morgan fingerprint density at radius 1 is 1.15 bits per heavy atom. The van der Waals surface area contributed by atoms with Crippen LogP contribution < -0.4 is 10.6 Å². The van der Waals surface area contributed by atoms with Crippen molar-refractivity contribution in [2.45, 2.75) is 44.3 Å². The molecule has 7 heteroatoms. The second-order valence-corrected chi connectivity index (χ2v) is 5.57. The van der Waals surface area contributed by atoms with E-state index in [-0.39, 0.29) is 5.82 Å². The number of hydrogen-bond donors (Lipinski definition) is 1. The van der Waals surface area contributed by atoms with E-state index >= 15 is 0 Å². The topological polar surface area (TPSA) is 55.0 Å². The third-order valence-electron chi connectivity index (χ3n) is 4.27. The number of aromatic nitrogens is 2. The van der Waals surface area contributed by atoms with E-state index in [9.17, 15) is 13.2 Å². The Bertz CT molecular complexity index is 503. The molecule has 1 aliphatic carbocycles. The first-order valence-electron chi connectivity index (χ1n) is 6.93. The summed E-state index contributed by atoms with van der Waals surface area (Å²) in [4.78, 5) is 8.99. The third kappa shape index (κ3) is 2.41. The standard InChI is InChI=1S/C13H17F3N4/c14-13(15,16)12-18-10(17)7-11(19-12)20-6-2-4-8-3-1-5-9(8)20/h7-9H,1-6H2,(H2,17,18,19). The summed E-state index contributed by atoms with van der Waals surface area (Å²) in [6.07, 6.45) is 0.914. The molecule has 2 heterocycles. The highest BCUT2D eigenvalue weighted by Gasteiger charge is 2.39. The molecule has 0 bridgehead atoms. The Balaban J connectivity index is 1.95. The molecule has 0 amide bonds. The number of nitrogens with two attached hydrogens (primary N) is 1. The van der Waals surface area contributed by atoms with E-state index in [1.807, 2.05) is 4.90 Å². The molecule has 1 aromatic rings. The minimum atomic E-state index is -4.56. The summed E-state index contributed by atoms with van der Waals surface area (Å²) in [6, 6.07) is 1.76. The number of rotatable bonds is 1. The van der Waals surface area contributed by atoms with Gasteiger partial charge in [0.2, 0.25) is 5.82 Å². The highest BCUT2D eigenvalue weighted by atomic mass is 19.4. The van der Waals surface area contributed by atoms with Gasteiger partial charge < -0.3 is 10.6 Å². The fraction of sp³-hybridized carbons (Fsp3) is 0.692. The summed E-state index contributed by atoms with van der Waals surface area (Å²) in [5, 5.41) is 0. The maximum atomic E-state index is 12.8. The van der Waals surface area contributed by atoms with Crippen molar-refractivity contribution in [3.8, 4) is 0 Å². The molecule has 0 aromatic carbocycles. The van der Waals surface area contributed by atoms with Crippen molar-refractivity contribution in [1.29, 1.82) is 0 Å². The number of halogens is 3. The predicted molar refractivity (Wildman–Crippen MR) is 69.2 cm³/mol. The first-order valence-corrected chi connectivity index (χ1v) is 6.93. The van der Waals surface area contributed by atoms with Crippen LogP contribution in [0.5, 0.6) is 0 Å². The molecule has 20 heavy (non-hydrogen) atoms. The van der Waals surface area contributed by atoms with E-state index < -0.39 is 12.0 Å². The second kappa shape index (κ2) is 4.79. The molecule has 1 aromatic heterocycles. The lowest BCUT2D eigenvalue weighted by Crippen LogP contribution is -2.43. The van der Waals surface area contributed by atoms with Crippen LogP contribution in [-0.4, -0.2) is 22.6 Å². The maximum absolute atomic E-state index is 12.8. The molecule has 110 valence electrons. The lowest BCUT2D eigenvalue weighted by atomic mass is 9.92. The van der Waals surface area contributed by atoms with Crippen LogP contribution >= 0.6 is 0 Å². The van der Waals surface area contributed by atoms with Crippen LogP contribution in [0, 0.1) is 5.92 Å². The minimum Gasteiger partial charge on any atom is -0.384 e. The van der Waals surface area contributed by atoms with Crippen LogP contribution in [-0.2, 0) is 6.18 Å². The summed E-state index contributed by atoms with van der Waals surface area (Å²) < 4.78 is 38.4. The highest BCUT2D eigenvalue weighted by molar-refractivity contribution is 5.48. The fourth-order valence-electron chi connectivity index (χ4n) is 3.46. The van der Waals surface area contributed by atoms with Crippen LogP contribution in [0.25, 0.3) is 0 Å². The van der Waals surface area contributed by atoms with Gasteiger partial charge in [-0.1, -0.05) is 6.42 Å². The summed E-state index contributed by atoms with van der Waals surface area (Å²) in [6.45, 7) is 0.745. The van der Waals surface area contributed by atoms with Crippen LogP contribution in [0.4, 0.5) is 24.8 Å². The molecule has 2 unspecified atom stereocenters. The summed E-state index contributed by atoms with van der Waals surface area (Å²) in [7, 11) is 0. The molecule has 0 spiro atoms. The third-order valence-corrected chi connectivity index (χ3v) is 4.27. The molecule has 1 saturated heterocycles. The van der Waals surface area contributed by atoms with Gasteiger partial charge in [0, 0.05) is 18.7 Å². The Morgan fingerprint density at radius 3 is 2.65 bits per heavy atom. The van der Waals surface area contributed by atoms with Crippen LogP contribution in [0.1, 0.15) is 37.9 Å². The van der Waals surface area contributed by atoms with Gasteiger partial charge in [0.25, 0.3) is 0 Å². The molecule has 3 rings (SSSR count).